The van der Waals surface area contributed by atoms with Gasteiger partial charge in [-0.25, -0.2) is 0 Å². The lowest BCUT2D eigenvalue weighted by Crippen LogP contribution is -2.42. The van der Waals surface area contributed by atoms with Crippen LogP contribution in [0.4, 0.5) is 5.69 Å². The second-order valence-corrected chi connectivity index (χ2v) is 5.88. The highest BCUT2D eigenvalue weighted by atomic mass is 16.2. The monoisotopic (exact) mass is 271 g/mol. The maximum absolute atomic E-state index is 12.1. The van der Waals surface area contributed by atoms with Crippen molar-refractivity contribution in [2.24, 2.45) is 11.8 Å². The third-order valence-corrected chi connectivity index (χ3v) is 3.59. The van der Waals surface area contributed by atoms with Gasteiger partial charge in [0.15, 0.2) is 0 Å². The van der Waals surface area contributed by atoms with Crippen LogP contribution in [0.5, 0.6) is 0 Å². The summed E-state index contributed by atoms with van der Waals surface area (Å²) in [6, 6.07) is 9.07. The fourth-order valence-corrected chi connectivity index (χ4v) is 2.99. The molecule has 1 aromatic rings. The molecule has 20 heavy (non-hydrogen) atoms. The first-order valence-electron chi connectivity index (χ1n) is 7.09. The van der Waals surface area contributed by atoms with Crippen LogP contribution < -0.4 is 5.32 Å². The van der Waals surface area contributed by atoms with E-state index in [1.165, 1.54) is 6.42 Å². The van der Waals surface area contributed by atoms with E-state index in [9.17, 15) is 4.79 Å². The Kier molecular flexibility index (Phi) is 4.75. The summed E-state index contributed by atoms with van der Waals surface area (Å²) in [7, 11) is 0. The Morgan fingerprint density at radius 1 is 1.40 bits per heavy atom. The minimum Gasteiger partial charge on any atom is -0.325 e. The molecule has 2 unspecified atom stereocenters. The van der Waals surface area contributed by atoms with Gasteiger partial charge in [-0.15, -0.1) is 0 Å². The van der Waals surface area contributed by atoms with E-state index in [-0.39, 0.29) is 5.91 Å². The first-order chi connectivity index (χ1) is 9.56. The summed E-state index contributed by atoms with van der Waals surface area (Å²) >= 11 is 0. The largest absolute Gasteiger partial charge is 0.325 e. The van der Waals surface area contributed by atoms with Crippen molar-refractivity contribution < 1.29 is 4.79 Å². The molecular weight excluding hydrogens is 250 g/mol. The summed E-state index contributed by atoms with van der Waals surface area (Å²) in [4.78, 5) is 14.3. The average molecular weight is 271 g/mol. The van der Waals surface area contributed by atoms with Crippen LogP contribution in [0.3, 0.4) is 0 Å². The molecule has 1 N–H and O–H groups in total. The number of carbonyl (C=O) groups excluding carboxylic acids is 1. The Balaban J connectivity index is 1.90. The highest BCUT2D eigenvalue weighted by Gasteiger charge is 2.23. The number of piperidine rings is 1. The number of rotatable bonds is 3. The van der Waals surface area contributed by atoms with Gasteiger partial charge >= 0.3 is 0 Å². The molecule has 4 heteroatoms. The average Bonchev–Trinajstić information content (AvgIpc) is 2.37. The normalized spacial score (nSPS) is 23.1. The highest BCUT2D eigenvalue weighted by Crippen LogP contribution is 2.20. The summed E-state index contributed by atoms with van der Waals surface area (Å²) in [5, 5.41) is 11.7. The van der Waals surface area contributed by atoms with E-state index < -0.39 is 0 Å². The molecule has 1 fully saturated rings. The molecule has 0 saturated carbocycles. The van der Waals surface area contributed by atoms with Crippen molar-refractivity contribution in [1.82, 2.24) is 4.90 Å². The van der Waals surface area contributed by atoms with Gasteiger partial charge in [-0.2, -0.15) is 5.26 Å². The van der Waals surface area contributed by atoms with E-state index in [2.05, 4.69) is 30.1 Å². The number of amides is 1. The number of benzene rings is 1. The summed E-state index contributed by atoms with van der Waals surface area (Å²) < 4.78 is 0. The van der Waals surface area contributed by atoms with Crippen molar-refractivity contribution in [3.63, 3.8) is 0 Å². The molecule has 1 amide bonds. The van der Waals surface area contributed by atoms with Crippen molar-refractivity contribution in [3.05, 3.63) is 29.8 Å². The molecule has 1 saturated heterocycles. The summed E-state index contributed by atoms with van der Waals surface area (Å²) in [6.45, 7) is 6.85. The van der Waals surface area contributed by atoms with Crippen molar-refractivity contribution in [3.8, 4) is 6.07 Å². The number of anilines is 1. The SMILES string of the molecule is CC1CC(C)CN(CC(=O)Nc2cccc(C#N)c2)C1. The lowest BCUT2D eigenvalue weighted by molar-refractivity contribution is -0.117. The van der Waals surface area contributed by atoms with E-state index in [1.807, 2.05) is 0 Å². The quantitative estimate of drug-likeness (QED) is 0.918. The molecular formula is C16H21N3O. The van der Waals surface area contributed by atoms with Gasteiger partial charge in [-0.3, -0.25) is 9.69 Å². The fourth-order valence-electron chi connectivity index (χ4n) is 2.99. The van der Waals surface area contributed by atoms with Crippen molar-refractivity contribution in [2.45, 2.75) is 20.3 Å². The maximum Gasteiger partial charge on any atom is 0.238 e. The molecule has 1 aliphatic rings. The van der Waals surface area contributed by atoms with Crippen molar-refractivity contribution >= 4 is 11.6 Å². The van der Waals surface area contributed by atoms with Gasteiger partial charge in [0.2, 0.25) is 5.91 Å². The molecule has 0 aliphatic carbocycles. The predicted octanol–water partition coefficient (Wildman–Crippen LogP) is 2.47. The molecule has 0 spiro atoms. The molecule has 2 atom stereocenters. The molecule has 1 aromatic carbocycles. The highest BCUT2D eigenvalue weighted by molar-refractivity contribution is 5.92. The van der Waals surface area contributed by atoms with Gasteiger partial charge in [0.25, 0.3) is 0 Å². The Bertz CT molecular complexity index is 511. The zero-order valence-electron chi connectivity index (χ0n) is 12.1. The predicted molar refractivity (Wildman–Crippen MR) is 79.2 cm³/mol. The number of nitrogens with zero attached hydrogens (tertiary/aromatic N) is 2. The number of nitrogens with one attached hydrogen (secondary N) is 1. The van der Waals surface area contributed by atoms with Crippen LogP contribution in [0.25, 0.3) is 0 Å². The van der Waals surface area contributed by atoms with Gasteiger partial charge in [0.1, 0.15) is 0 Å². The Morgan fingerprint density at radius 2 is 2.10 bits per heavy atom. The Labute approximate surface area is 120 Å². The smallest absolute Gasteiger partial charge is 0.238 e. The lowest BCUT2D eigenvalue weighted by atomic mass is 9.92. The third-order valence-electron chi connectivity index (χ3n) is 3.59. The number of hydrogen-bond acceptors (Lipinski definition) is 3. The van der Waals surface area contributed by atoms with Crippen molar-refractivity contribution in [2.75, 3.05) is 25.0 Å². The Morgan fingerprint density at radius 3 is 2.75 bits per heavy atom. The van der Waals surface area contributed by atoms with Crippen LogP contribution >= 0.6 is 0 Å². The van der Waals surface area contributed by atoms with Gasteiger partial charge in [0.05, 0.1) is 18.2 Å². The maximum atomic E-state index is 12.1. The number of carbonyl (C=O) groups is 1. The first-order valence-corrected chi connectivity index (χ1v) is 7.09. The summed E-state index contributed by atoms with van der Waals surface area (Å²) in [5.41, 5.74) is 1.25. The second-order valence-electron chi connectivity index (χ2n) is 5.88. The minimum absolute atomic E-state index is 0.0126. The summed E-state index contributed by atoms with van der Waals surface area (Å²) in [6.07, 6.45) is 1.24. The topological polar surface area (TPSA) is 56.1 Å². The van der Waals surface area contributed by atoms with Crippen molar-refractivity contribution in [1.29, 1.82) is 5.26 Å². The molecule has 106 valence electrons. The zero-order chi connectivity index (χ0) is 14.5. The number of hydrogen-bond donors (Lipinski definition) is 1. The van der Waals surface area contributed by atoms with E-state index >= 15 is 0 Å². The minimum atomic E-state index is -0.0126. The molecule has 0 aromatic heterocycles. The second kappa shape index (κ2) is 6.53. The van der Waals surface area contributed by atoms with Crippen LogP contribution in [-0.4, -0.2) is 30.4 Å². The van der Waals surface area contributed by atoms with E-state index in [0.29, 0.717) is 29.6 Å². The fraction of sp³-hybridized carbons (Fsp3) is 0.500. The van der Waals surface area contributed by atoms with Crippen LogP contribution in [0.15, 0.2) is 24.3 Å². The molecule has 1 aliphatic heterocycles. The van der Waals surface area contributed by atoms with Gasteiger partial charge in [0, 0.05) is 18.8 Å². The molecule has 4 nitrogen and oxygen atoms in total. The van der Waals surface area contributed by atoms with Crippen LogP contribution in [0, 0.1) is 23.2 Å². The molecule has 2 rings (SSSR count). The molecule has 1 heterocycles. The van der Waals surface area contributed by atoms with Crippen LogP contribution in [-0.2, 0) is 4.79 Å². The van der Waals surface area contributed by atoms with Crippen LogP contribution in [0.1, 0.15) is 25.8 Å². The van der Waals surface area contributed by atoms with E-state index in [0.717, 1.165) is 13.1 Å². The third kappa shape index (κ3) is 4.07. The van der Waals surface area contributed by atoms with E-state index in [1.54, 1.807) is 24.3 Å². The first kappa shape index (κ1) is 14.5. The van der Waals surface area contributed by atoms with Gasteiger partial charge in [-0.1, -0.05) is 19.9 Å². The molecule has 0 radical (unpaired) electrons. The number of nitriles is 1. The summed E-state index contributed by atoms with van der Waals surface area (Å²) in [5.74, 6) is 1.28. The van der Waals surface area contributed by atoms with E-state index in [4.69, 9.17) is 5.26 Å². The molecule has 0 bridgehead atoms. The zero-order valence-corrected chi connectivity index (χ0v) is 12.1. The Hall–Kier alpha value is -1.86. The van der Waals surface area contributed by atoms with Gasteiger partial charge in [-0.05, 0) is 36.5 Å². The van der Waals surface area contributed by atoms with Crippen LogP contribution in [0.2, 0.25) is 0 Å². The standard InChI is InChI=1S/C16H21N3O/c1-12-6-13(2)10-19(9-12)11-16(20)18-15-5-3-4-14(7-15)8-17/h3-5,7,12-13H,6,9-11H2,1-2H3,(H,18,20). The van der Waals surface area contributed by atoms with Gasteiger partial charge < -0.3 is 5.32 Å². The lowest BCUT2D eigenvalue weighted by Gasteiger charge is -2.34. The number of likely N-dealkylation sites (tertiary alicyclic amines) is 1.